The van der Waals surface area contributed by atoms with Crippen molar-refractivity contribution < 1.29 is 4.79 Å². The van der Waals surface area contributed by atoms with Crippen LogP contribution < -0.4 is 0 Å². The zero-order chi connectivity index (χ0) is 23.2. The summed E-state index contributed by atoms with van der Waals surface area (Å²) in [6, 6.07) is 11.9. The first-order valence-corrected chi connectivity index (χ1v) is 14.0. The van der Waals surface area contributed by atoms with Gasteiger partial charge < -0.3 is 4.90 Å². The number of thioether (sulfide) groups is 1. The molecule has 0 fully saturated rings. The van der Waals surface area contributed by atoms with Gasteiger partial charge in [0, 0.05) is 27.6 Å². The molecule has 0 spiro atoms. The molecule has 0 aliphatic carbocycles. The molecule has 172 valence electrons. The zero-order valence-electron chi connectivity index (χ0n) is 18.3. The van der Waals surface area contributed by atoms with Gasteiger partial charge in [-0.15, -0.1) is 44.6 Å². The summed E-state index contributed by atoms with van der Waals surface area (Å²) in [5.74, 6) is 2.29. The van der Waals surface area contributed by atoms with Crippen molar-refractivity contribution in [2.75, 3.05) is 12.3 Å². The summed E-state index contributed by atoms with van der Waals surface area (Å²) >= 11 is 11.6. The second kappa shape index (κ2) is 8.96. The third-order valence-corrected chi connectivity index (χ3v) is 9.71. The van der Waals surface area contributed by atoms with Gasteiger partial charge >= 0.3 is 0 Å². The van der Waals surface area contributed by atoms with Gasteiger partial charge in [-0.1, -0.05) is 35.9 Å². The Bertz CT molecular complexity index is 1420. The SMILES string of the molecule is Cc1nnc2n1-c1sc3c(c1C(c1ccccc1Cl)=NC2)CCN(C(=O)CSc1cccs1)C3. The van der Waals surface area contributed by atoms with Gasteiger partial charge in [0.15, 0.2) is 5.82 Å². The average molecular weight is 526 g/mol. The van der Waals surface area contributed by atoms with E-state index in [0.717, 1.165) is 39.9 Å². The highest BCUT2D eigenvalue weighted by molar-refractivity contribution is 8.01. The van der Waals surface area contributed by atoms with Crippen LogP contribution in [0.2, 0.25) is 5.02 Å². The Morgan fingerprint density at radius 2 is 2.09 bits per heavy atom. The Hall–Kier alpha value is -2.46. The van der Waals surface area contributed by atoms with E-state index in [9.17, 15) is 4.79 Å². The molecule has 4 aromatic rings. The number of thiophene rings is 2. The lowest BCUT2D eigenvalue weighted by molar-refractivity contribution is -0.129. The van der Waals surface area contributed by atoms with Gasteiger partial charge in [0.2, 0.25) is 5.91 Å². The predicted molar refractivity (Wildman–Crippen MR) is 139 cm³/mol. The fourth-order valence-corrected chi connectivity index (χ4v) is 7.79. The molecule has 10 heteroatoms. The van der Waals surface area contributed by atoms with Crippen LogP contribution in [-0.4, -0.2) is 43.6 Å². The van der Waals surface area contributed by atoms with E-state index in [1.165, 1.54) is 14.6 Å². The second-order valence-corrected chi connectivity index (χ2v) is 11.8. The monoisotopic (exact) mass is 525 g/mol. The van der Waals surface area contributed by atoms with Crippen LogP contribution in [0.15, 0.2) is 51.0 Å². The highest BCUT2D eigenvalue weighted by Gasteiger charge is 2.33. The van der Waals surface area contributed by atoms with E-state index in [2.05, 4.69) is 20.8 Å². The number of hydrogen-bond donors (Lipinski definition) is 0. The molecular formula is C24H20ClN5OS3. The number of benzene rings is 1. The van der Waals surface area contributed by atoms with Gasteiger partial charge in [0.1, 0.15) is 17.4 Å². The molecule has 6 rings (SSSR count). The lowest BCUT2D eigenvalue weighted by Crippen LogP contribution is -2.36. The molecular weight excluding hydrogens is 506 g/mol. The summed E-state index contributed by atoms with van der Waals surface area (Å²) in [6.45, 7) is 3.73. The van der Waals surface area contributed by atoms with Crippen LogP contribution in [0.5, 0.6) is 0 Å². The van der Waals surface area contributed by atoms with E-state index in [1.54, 1.807) is 34.4 Å². The Kier molecular flexibility index (Phi) is 5.81. The van der Waals surface area contributed by atoms with E-state index in [1.807, 2.05) is 47.5 Å². The normalized spacial score (nSPS) is 14.8. The lowest BCUT2D eigenvalue weighted by atomic mass is 9.95. The molecule has 5 heterocycles. The minimum Gasteiger partial charge on any atom is -0.336 e. The largest absolute Gasteiger partial charge is 0.336 e. The van der Waals surface area contributed by atoms with Crippen molar-refractivity contribution in [2.45, 2.75) is 30.6 Å². The van der Waals surface area contributed by atoms with Crippen molar-refractivity contribution in [3.63, 3.8) is 0 Å². The number of amides is 1. The number of halogens is 1. The van der Waals surface area contributed by atoms with E-state index in [-0.39, 0.29) is 5.91 Å². The molecule has 6 nitrogen and oxygen atoms in total. The van der Waals surface area contributed by atoms with Crippen molar-refractivity contribution in [1.82, 2.24) is 19.7 Å². The number of nitrogens with zero attached hydrogens (tertiary/aromatic N) is 5. The minimum absolute atomic E-state index is 0.175. The Morgan fingerprint density at radius 1 is 1.21 bits per heavy atom. The molecule has 0 bridgehead atoms. The molecule has 1 amide bonds. The van der Waals surface area contributed by atoms with Crippen molar-refractivity contribution in [3.05, 3.63) is 80.0 Å². The number of aryl methyl sites for hydroxylation is 1. The van der Waals surface area contributed by atoms with Crippen molar-refractivity contribution in [3.8, 4) is 5.00 Å². The molecule has 0 radical (unpaired) electrons. The number of hydrogen-bond acceptors (Lipinski definition) is 7. The van der Waals surface area contributed by atoms with E-state index in [4.69, 9.17) is 16.6 Å². The second-order valence-electron chi connectivity index (χ2n) is 8.11. The summed E-state index contributed by atoms with van der Waals surface area (Å²) in [5.41, 5.74) is 4.19. The van der Waals surface area contributed by atoms with Crippen LogP contribution in [0.3, 0.4) is 0 Å². The summed E-state index contributed by atoms with van der Waals surface area (Å²) in [5, 5.41) is 12.5. The molecule has 3 aromatic heterocycles. The van der Waals surface area contributed by atoms with Crippen LogP contribution >= 0.6 is 46.0 Å². The minimum atomic E-state index is 0.175. The summed E-state index contributed by atoms with van der Waals surface area (Å²) in [7, 11) is 0. The molecule has 0 saturated heterocycles. The number of aliphatic imine (C=N–C) groups is 1. The Balaban J connectivity index is 1.38. The highest BCUT2D eigenvalue weighted by atomic mass is 35.5. The van der Waals surface area contributed by atoms with Crippen LogP contribution in [0.25, 0.3) is 5.00 Å². The summed E-state index contributed by atoms with van der Waals surface area (Å²) < 4.78 is 3.29. The van der Waals surface area contributed by atoms with Gasteiger partial charge in [-0.05, 0) is 36.4 Å². The van der Waals surface area contributed by atoms with E-state index in [0.29, 0.717) is 30.4 Å². The van der Waals surface area contributed by atoms with Crippen molar-refractivity contribution in [1.29, 1.82) is 0 Å². The summed E-state index contributed by atoms with van der Waals surface area (Å²) in [4.78, 5) is 21.1. The van der Waals surface area contributed by atoms with Crippen LogP contribution in [0.1, 0.15) is 33.2 Å². The fraction of sp³-hybridized carbons (Fsp3) is 0.250. The maximum absolute atomic E-state index is 13.0. The maximum atomic E-state index is 13.0. The van der Waals surface area contributed by atoms with Crippen molar-refractivity contribution in [2.24, 2.45) is 4.99 Å². The Labute approximate surface area is 214 Å². The third-order valence-electron chi connectivity index (χ3n) is 6.06. The number of rotatable bonds is 4. The number of carbonyl (C=O) groups is 1. The van der Waals surface area contributed by atoms with Gasteiger partial charge in [-0.2, -0.15) is 0 Å². The molecule has 0 unspecified atom stereocenters. The standard InChI is InChI=1S/C24H20ClN5OS3/c1-14-27-28-19-11-26-23(15-5-2-3-6-17(15)25)22-16-8-9-29(12-18(16)34-24(22)30(14)19)20(31)13-33-21-7-4-10-32-21/h2-7,10H,8-9,11-13H2,1H3. The Morgan fingerprint density at radius 3 is 2.91 bits per heavy atom. The van der Waals surface area contributed by atoms with Crippen LogP contribution in [-0.2, 0) is 24.3 Å². The molecule has 2 aliphatic heterocycles. The molecule has 0 N–H and O–H groups in total. The molecule has 0 atom stereocenters. The zero-order valence-corrected chi connectivity index (χ0v) is 21.5. The quantitative estimate of drug-likeness (QED) is 0.335. The summed E-state index contributed by atoms with van der Waals surface area (Å²) in [6.07, 6.45) is 0.788. The molecule has 1 aromatic carbocycles. The lowest BCUT2D eigenvalue weighted by Gasteiger charge is -2.27. The molecule has 0 saturated carbocycles. The van der Waals surface area contributed by atoms with E-state index >= 15 is 0 Å². The van der Waals surface area contributed by atoms with Gasteiger partial charge in [-0.25, -0.2) is 0 Å². The average Bonchev–Trinajstić information content (AvgIpc) is 3.55. The fourth-order valence-electron chi connectivity index (χ4n) is 4.45. The first-order chi connectivity index (χ1) is 16.6. The molecule has 2 aliphatic rings. The van der Waals surface area contributed by atoms with E-state index < -0.39 is 0 Å². The number of aromatic nitrogens is 3. The number of fused-ring (bicyclic) bond motifs is 5. The molecule has 34 heavy (non-hydrogen) atoms. The van der Waals surface area contributed by atoms with Crippen LogP contribution in [0, 0.1) is 6.92 Å². The number of carbonyl (C=O) groups excluding carboxylic acids is 1. The van der Waals surface area contributed by atoms with Gasteiger partial charge in [0.25, 0.3) is 0 Å². The topological polar surface area (TPSA) is 63.4 Å². The first kappa shape index (κ1) is 22.0. The smallest absolute Gasteiger partial charge is 0.233 e. The predicted octanol–water partition coefficient (Wildman–Crippen LogP) is 5.38. The van der Waals surface area contributed by atoms with Gasteiger partial charge in [0.05, 0.1) is 22.2 Å². The van der Waals surface area contributed by atoms with Gasteiger partial charge in [-0.3, -0.25) is 14.4 Å². The maximum Gasteiger partial charge on any atom is 0.233 e. The third kappa shape index (κ3) is 3.80. The highest BCUT2D eigenvalue weighted by Crippen LogP contribution is 2.40. The van der Waals surface area contributed by atoms with Crippen LogP contribution in [0.4, 0.5) is 0 Å². The first-order valence-electron chi connectivity index (χ1n) is 10.9. The van der Waals surface area contributed by atoms with Crippen molar-refractivity contribution >= 4 is 57.7 Å².